The van der Waals surface area contributed by atoms with E-state index in [1.165, 1.54) is 18.5 Å². The number of carbonyl (C=O) groups is 2. The average Bonchev–Trinajstić information content (AvgIpc) is 2.34. The molecule has 1 aromatic rings. The lowest BCUT2D eigenvalue weighted by molar-refractivity contribution is 0.0555. The van der Waals surface area contributed by atoms with Crippen LogP contribution in [0.2, 0.25) is 0 Å². The van der Waals surface area contributed by atoms with Gasteiger partial charge < -0.3 is 9.47 Å². The molecule has 0 aliphatic rings. The number of anilines is 1. The van der Waals surface area contributed by atoms with Crippen molar-refractivity contribution in [1.82, 2.24) is 4.98 Å². The van der Waals surface area contributed by atoms with E-state index in [4.69, 9.17) is 10.00 Å². The summed E-state index contributed by atoms with van der Waals surface area (Å²) in [6.45, 7) is 4.79. The first-order valence-corrected chi connectivity index (χ1v) is 5.81. The molecule has 1 heterocycles. The molecular formula is C13H15N3O4. The first kappa shape index (κ1) is 15.4. The van der Waals surface area contributed by atoms with E-state index < -0.39 is 17.7 Å². The highest BCUT2D eigenvalue weighted by atomic mass is 16.6. The van der Waals surface area contributed by atoms with Crippen molar-refractivity contribution in [2.75, 3.05) is 11.9 Å². The molecule has 0 spiro atoms. The van der Waals surface area contributed by atoms with Crippen LogP contribution in [-0.4, -0.2) is 29.3 Å². The summed E-state index contributed by atoms with van der Waals surface area (Å²) in [5, 5.41) is 10.8. The maximum absolute atomic E-state index is 11.7. The normalized spacial score (nSPS) is 10.3. The van der Waals surface area contributed by atoms with Gasteiger partial charge in [0.2, 0.25) is 0 Å². The summed E-state index contributed by atoms with van der Waals surface area (Å²) in [6.07, 6.45) is 1.96. The number of carbonyl (C=O) groups excluding carboxylic acids is 2. The topological polar surface area (TPSA) is 101 Å². The van der Waals surface area contributed by atoms with Crippen molar-refractivity contribution < 1.29 is 19.1 Å². The number of hydrogen-bond acceptors (Lipinski definition) is 6. The van der Waals surface area contributed by atoms with Crippen LogP contribution in [0, 0.1) is 11.3 Å². The Bertz CT molecular complexity index is 543. The van der Waals surface area contributed by atoms with Gasteiger partial charge in [-0.15, -0.1) is 0 Å². The van der Waals surface area contributed by atoms with Gasteiger partial charge in [-0.3, -0.25) is 10.3 Å². The quantitative estimate of drug-likeness (QED) is 0.849. The number of rotatable bonds is 3. The molecule has 0 radical (unpaired) electrons. The van der Waals surface area contributed by atoms with Crippen LogP contribution in [0.3, 0.4) is 0 Å². The monoisotopic (exact) mass is 277 g/mol. The summed E-state index contributed by atoms with van der Waals surface area (Å²) in [6, 6.07) is 3.12. The second-order valence-electron chi connectivity index (χ2n) is 4.78. The number of nitriles is 1. The van der Waals surface area contributed by atoms with Crippen LogP contribution < -0.4 is 5.32 Å². The van der Waals surface area contributed by atoms with Gasteiger partial charge in [0, 0.05) is 12.4 Å². The summed E-state index contributed by atoms with van der Waals surface area (Å²) in [5.41, 5.74) is -0.399. The fourth-order valence-electron chi connectivity index (χ4n) is 1.26. The molecule has 0 aliphatic carbocycles. The number of aromatic nitrogens is 1. The number of nitrogens with one attached hydrogen (secondary N) is 1. The fourth-order valence-corrected chi connectivity index (χ4v) is 1.26. The van der Waals surface area contributed by atoms with Crippen molar-refractivity contribution in [3.8, 4) is 6.07 Å². The molecule has 0 saturated carbocycles. The summed E-state index contributed by atoms with van der Waals surface area (Å²) in [4.78, 5) is 27.1. The molecule has 0 aromatic carbocycles. The average molecular weight is 277 g/mol. The Labute approximate surface area is 116 Å². The van der Waals surface area contributed by atoms with Crippen LogP contribution in [0.15, 0.2) is 18.5 Å². The molecule has 1 rings (SSSR count). The van der Waals surface area contributed by atoms with E-state index in [9.17, 15) is 9.59 Å². The van der Waals surface area contributed by atoms with E-state index in [0.29, 0.717) is 0 Å². The lowest BCUT2D eigenvalue weighted by atomic mass is 10.2. The second-order valence-corrected chi connectivity index (χ2v) is 4.78. The van der Waals surface area contributed by atoms with Crippen LogP contribution in [-0.2, 0) is 9.47 Å². The number of hydrogen-bond donors (Lipinski definition) is 1. The van der Waals surface area contributed by atoms with E-state index >= 15 is 0 Å². The van der Waals surface area contributed by atoms with Gasteiger partial charge in [0.05, 0.1) is 5.69 Å². The fraction of sp³-hybridized carbons (Fsp3) is 0.385. The minimum atomic E-state index is -0.745. The molecular weight excluding hydrogens is 262 g/mol. The number of pyridine rings is 1. The third-order valence-electron chi connectivity index (χ3n) is 1.94. The van der Waals surface area contributed by atoms with Crippen molar-refractivity contribution in [2.45, 2.75) is 26.4 Å². The minimum absolute atomic E-state index is 0.0496. The van der Waals surface area contributed by atoms with E-state index in [1.807, 2.05) is 0 Å². The van der Waals surface area contributed by atoms with Crippen molar-refractivity contribution in [3.05, 3.63) is 24.0 Å². The van der Waals surface area contributed by atoms with Crippen LogP contribution in [0.4, 0.5) is 10.5 Å². The third-order valence-corrected chi connectivity index (χ3v) is 1.94. The van der Waals surface area contributed by atoms with Crippen LogP contribution in [0.25, 0.3) is 0 Å². The number of esters is 1. The predicted molar refractivity (Wildman–Crippen MR) is 70.0 cm³/mol. The van der Waals surface area contributed by atoms with Crippen molar-refractivity contribution >= 4 is 17.7 Å². The number of ether oxygens (including phenoxy) is 2. The SMILES string of the molecule is CC(C)(C)OC(=O)Nc1ccncc1C(=O)OCC#N. The Morgan fingerprint density at radius 1 is 1.45 bits per heavy atom. The maximum atomic E-state index is 11.7. The zero-order valence-corrected chi connectivity index (χ0v) is 11.5. The summed E-state index contributed by atoms with van der Waals surface area (Å²) in [7, 11) is 0. The molecule has 0 aliphatic heterocycles. The zero-order valence-electron chi connectivity index (χ0n) is 11.5. The molecule has 7 nitrogen and oxygen atoms in total. The van der Waals surface area contributed by atoms with E-state index in [1.54, 1.807) is 26.8 Å². The van der Waals surface area contributed by atoms with Crippen molar-refractivity contribution in [3.63, 3.8) is 0 Å². The van der Waals surface area contributed by atoms with Crippen LogP contribution in [0.1, 0.15) is 31.1 Å². The summed E-state index contributed by atoms with van der Waals surface area (Å²) >= 11 is 0. The number of nitrogens with zero attached hydrogens (tertiary/aromatic N) is 2. The standard InChI is InChI=1S/C13H15N3O4/c1-13(2,3)20-12(18)16-10-4-6-15-8-9(10)11(17)19-7-5-14/h4,6,8H,7H2,1-3H3,(H,15,16,18). The van der Waals surface area contributed by atoms with E-state index in [0.717, 1.165) is 0 Å². The van der Waals surface area contributed by atoms with Gasteiger partial charge >= 0.3 is 12.1 Å². The molecule has 20 heavy (non-hydrogen) atoms. The molecule has 0 saturated heterocycles. The lowest BCUT2D eigenvalue weighted by Crippen LogP contribution is -2.27. The first-order valence-electron chi connectivity index (χ1n) is 5.81. The van der Waals surface area contributed by atoms with E-state index in [-0.39, 0.29) is 17.9 Å². The molecule has 0 bridgehead atoms. The van der Waals surface area contributed by atoms with Gasteiger partial charge in [-0.2, -0.15) is 5.26 Å². The molecule has 1 amide bonds. The Balaban J connectivity index is 2.83. The van der Waals surface area contributed by atoms with Gasteiger partial charge in [0.15, 0.2) is 6.61 Å². The van der Waals surface area contributed by atoms with Gasteiger partial charge in [-0.25, -0.2) is 9.59 Å². The second kappa shape index (κ2) is 6.52. The molecule has 0 atom stereocenters. The van der Waals surface area contributed by atoms with Crippen LogP contribution in [0.5, 0.6) is 0 Å². The highest BCUT2D eigenvalue weighted by molar-refractivity contribution is 5.99. The minimum Gasteiger partial charge on any atom is -0.447 e. The Kier molecular flexibility index (Phi) is 5.03. The Hall–Kier alpha value is -2.62. The molecule has 7 heteroatoms. The van der Waals surface area contributed by atoms with Crippen LogP contribution >= 0.6 is 0 Å². The largest absolute Gasteiger partial charge is 0.447 e. The van der Waals surface area contributed by atoms with E-state index in [2.05, 4.69) is 15.0 Å². The zero-order chi connectivity index (χ0) is 15.2. The number of amides is 1. The smallest absolute Gasteiger partial charge is 0.412 e. The van der Waals surface area contributed by atoms with Gasteiger partial charge in [-0.05, 0) is 26.8 Å². The van der Waals surface area contributed by atoms with Crippen molar-refractivity contribution in [2.24, 2.45) is 0 Å². The molecule has 0 fully saturated rings. The predicted octanol–water partition coefficient (Wildman–Crippen LogP) is 2.11. The molecule has 1 N–H and O–H groups in total. The maximum Gasteiger partial charge on any atom is 0.412 e. The van der Waals surface area contributed by atoms with Gasteiger partial charge in [0.1, 0.15) is 17.2 Å². The van der Waals surface area contributed by atoms with Gasteiger partial charge in [0.25, 0.3) is 0 Å². The Morgan fingerprint density at radius 3 is 2.75 bits per heavy atom. The summed E-state index contributed by atoms with van der Waals surface area (Å²) < 4.78 is 9.75. The highest BCUT2D eigenvalue weighted by Crippen LogP contribution is 2.16. The first-order chi connectivity index (χ1) is 9.33. The molecule has 0 unspecified atom stereocenters. The van der Waals surface area contributed by atoms with Crippen molar-refractivity contribution in [1.29, 1.82) is 5.26 Å². The molecule has 1 aromatic heterocycles. The molecule has 106 valence electrons. The lowest BCUT2D eigenvalue weighted by Gasteiger charge is -2.20. The van der Waals surface area contributed by atoms with Gasteiger partial charge in [-0.1, -0.05) is 0 Å². The Morgan fingerprint density at radius 2 is 2.15 bits per heavy atom. The summed E-state index contributed by atoms with van der Waals surface area (Å²) in [5.74, 6) is -0.745. The third kappa shape index (κ3) is 4.94. The highest BCUT2D eigenvalue weighted by Gasteiger charge is 2.19.